The summed E-state index contributed by atoms with van der Waals surface area (Å²) in [6.45, 7) is 0. The van der Waals surface area contributed by atoms with Gasteiger partial charge >= 0.3 is 0 Å². The average Bonchev–Trinajstić information content (AvgIpc) is 3.22. The molecule has 9 rings (SSSR count). The van der Waals surface area contributed by atoms with E-state index in [9.17, 15) is 0 Å². The molecule has 1 heteroatoms. The Morgan fingerprint density at radius 3 is 1.43 bits per heavy atom. The van der Waals surface area contributed by atoms with Gasteiger partial charge in [-0.15, -0.1) is 0 Å². The minimum Gasteiger partial charge on any atom is -0.309 e. The quantitative estimate of drug-likeness (QED) is 0.166. The smallest absolute Gasteiger partial charge is 0.0546 e. The van der Waals surface area contributed by atoms with Gasteiger partial charge in [0.05, 0.1) is 11.4 Å². The molecule has 0 unspecified atom stereocenters. The summed E-state index contributed by atoms with van der Waals surface area (Å²) in [6.07, 6.45) is 0. The molecular weight excluding hydrogens is 615 g/mol. The molecule has 0 aromatic heterocycles. The second-order valence-electron chi connectivity index (χ2n) is 12.9. The third kappa shape index (κ3) is 5.65. The highest BCUT2D eigenvalue weighted by atomic mass is 15.1. The lowest BCUT2D eigenvalue weighted by Gasteiger charge is -2.31. The topological polar surface area (TPSA) is 3.24 Å². The number of fused-ring (bicyclic) bond motifs is 2. The molecule has 0 aliphatic heterocycles. The van der Waals surface area contributed by atoms with E-state index in [0.717, 1.165) is 17.1 Å². The minimum absolute atomic E-state index is 1.10. The average molecular weight is 650 g/mol. The van der Waals surface area contributed by atoms with E-state index >= 15 is 0 Å². The van der Waals surface area contributed by atoms with Crippen molar-refractivity contribution in [3.05, 3.63) is 212 Å². The first kappa shape index (κ1) is 30.4. The Labute approximate surface area is 299 Å². The second kappa shape index (κ2) is 13.3. The van der Waals surface area contributed by atoms with Crippen LogP contribution < -0.4 is 4.90 Å². The first-order valence-electron chi connectivity index (χ1n) is 17.5. The van der Waals surface area contributed by atoms with Gasteiger partial charge in [0.15, 0.2) is 0 Å². The van der Waals surface area contributed by atoms with Crippen LogP contribution in [0.25, 0.3) is 66.1 Å². The molecule has 0 bridgehead atoms. The van der Waals surface area contributed by atoms with Crippen molar-refractivity contribution in [2.75, 3.05) is 4.90 Å². The molecule has 51 heavy (non-hydrogen) atoms. The summed E-state index contributed by atoms with van der Waals surface area (Å²) >= 11 is 0. The number of benzene rings is 9. The van der Waals surface area contributed by atoms with Crippen LogP contribution in [0.3, 0.4) is 0 Å². The van der Waals surface area contributed by atoms with Crippen molar-refractivity contribution in [3.8, 4) is 44.5 Å². The Balaban J connectivity index is 1.32. The van der Waals surface area contributed by atoms with Crippen molar-refractivity contribution >= 4 is 38.6 Å². The van der Waals surface area contributed by atoms with Crippen LogP contribution in [0.2, 0.25) is 0 Å². The van der Waals surface area contributed by atoms with Gasteiger partial charge in [-0.05, 0) is 79.4 Å². The molecule has 0 spiro atoms. The Hall–Kier alpha value is -6.70. The molecule has 0 radical (unpaired) electrons. The maximum absolute atomic E-state index is 2.46. The Bertz CT molecular complexity index is 2610. The van der Waals surface area contributed by atoms with Crippen LogP contribution in [0.1, 0.15) is 0 Å². The van der Waals surface area contributed by atoms with Gasteiger partial charge in [-0.2, -0.15) is 0 Å². The monoisotopic (exact) mass is 649 g/mol. The summed E-state index contributed by atoms with van der Waals surface area (Å²) in [5.41, 5.74) is 12.9. The molecule has 0 N–H and O–H groups in total. The first-order chi connectivity index (χ1) is 25.3. The van der Waals surface area contributed by atoms with E-state index in [1.54, 1.807) is 0 Å². The molecule has 240 valence electrons. The van der Waals surface area contributed by atoms with Crippen molar-refractivity contribution in [1.29, 1.82) is 0 Å². The third-order valence-electron chi connectivity index (χ3n) is 9.88. The summed E-state index contributed by atoms with van der Waals surface area (Å²) in [4.78, 5) is 2.46. The van der Waals surface area contributed by atoms with E-state index in [4.69, 9.17) is 0 Å². The lowest BCUT2D eigenvalue weighted by atomic mass is 9.87. The van der Waals surface area contributed by atoms with Gasteiger partial charge in [-0.1, -0.05) is 188 Å². The van der Waals surface area contributed by atoms with Crippen molar-refractivity contribution in [2.45, 2.75) is 0 Å². The standard InChI is InChI=1S/C50H35N/c1-3-16-36(17-4-1)44-25-11-12-27-47(44)50-46(39-18-5-2-6-19-39)29-15-31-49(50)51(48-30-14-23-38-21-8-10-26-45(38)48)41-34-32-40(33-35-41)43-28-13-22-37-20-7-9-24-42(37)43/h1-35H. The van der Waals surface area contributed by atoms with Crippen LogP contribution in [0.15, 0.2) is 212 Å². The van der Waals surface area contributed by atoms with E-state index in [1.165, 1.54) is 66.1 Å². The number of rotatable bonds is 7. The SMILES string of the molecule is c1ccc(-c2ccccc2-c2c(-c3ccccc3)cccc2N(c2ccc(-c3cccc4ccccc34)cc2)c2cccc3ccccc23)cc1. The van der Waals surface area contributed by atoms with Crippen molar-refractivity contribution in [3.63, 3.8) is 0 Å². The molecule has 9 aromatic carbocycles. The largest absolute Gasteiger partial charge is 0.309 e. The zero-order valence-corrected chi connectivity index (χ0v) is 28.2. The fraction of sp³-hybridized carbons (Fsp3) is 0. The molecule has 0 saturated heterocycles. The Morgan fingerprint density at radius 2 is 0.706 bits per heavy atom. The molecule has 0 atom stereocenters. The summed E-state index contributed by atoms with van der Waals surface area (Å²) in [6, 6.07) is 76.7. The summed E-state index contributed by atoms with van der Waals surface area (Å²) < 4.78 is 0. The number of hydrogen-bond donors (Lipinski definition) is 0. The van der Waals surface area contributed by atoms with Gasteiger partial charge in [-0.3, -0.25) is 0 Å². The maximum atomic E-state index is 2.46. The summed E-state index contributed by atoms with van der Waals surface area (Å²) in [7, 11) is 0. The highest BCUT2D eigenvalue weighted by Crippen LogP contribution is 2.49. The summed E-state index contributed by atoms with van der Waals surface area (Å²) in [5, 5.41) is 4.91. The van der Waals surface area contributed by atoms with Gasteiger partial charge in [0.2, 0.25) is 0 Å². The summed E-state index contributed by atoms with van der Waals surface area (Å²) in [5.74, 6) is 0. The predicted molar refractivity (Wildman–Crippen MR) is 218 cm³/mol. The van der Waals surface area contributed by atoms with Gasteiger partial charge in [-0.25, -0.2) is 0 Å². The molecule has 0 heterocycles. The van der Waals surface area contributed by atoms with Crippen molar-refractivity contribution in [2.24, 2.45) is 0 Å². The highest BCUT2D eigenvalue weighted by molar-refractivity contribution is 6.05. The fourth-order valence-electron chi connectivity index (χ4n) is 7.52. The van der Waals surface area contributed by atoms with Gasteiger partial charge in [0, 0.05) is 16.6 Å². The van der Waals surface area contributed by atoms with Crippen LogP contribution in [0.4, 0.5) is 17.1 Å². The maximum Gasteiger partial charge on any atom is 0.0546 e. The van der Waals surface area contributed by atoms with E-state index in [1.807, 2.05) is 0 Å². The van der Waals surface area contributed by atoms with Crippen LogP contribution in [-0.2, 0) is 0 Å². The molecule has 0 fully saturated rings. The van der Waals surface area contributed by atoms with E-state index in [-0.39, 0.29) is 0 Å². The zero-order valence-electron chi connectivity index (χ0n) is 28.2. The highest BCUT2D eigenvalue weighted by Gasteiger charge is 2.23. The van der Waals surface area contributed by atoms with Gasteiger partial charge in [0.1, 0.15) is 0 Å². The van der Waals surface area contributed by atoms with Crippen molar-refractivity contribution < 1.29 is 0 Å². The number of anilines is 3. The Kier molecular flexibility index (Phi) is 7.92. The first-order valence-corrected chi connectivity index (χ1v) is 17.5. The van der Waals surface area contributed by atoms with Gasteiger partial charge < -0.3 is 4.90 Å². The fourth-order valence-corrected chi connectivity index (χ4v) is 7.52. The third-order valence-corrected chi connectivity index (χ3v) is 9.88. The van der Waals surface area contributed by atoms with Crippen LogP contribution in [0.5, 0.6) is 0 Å². The lowest BCUT2D eigenvalue weighted by molar-refractivity contribution is 1.30. The normalized spacial score (nSPS) is 11.1. The molecular formula is C50H35N. The number of hydrogen-bond acceptors (Lipinski definition) is 1. The van der Waals surface area contributed by atoms with Crippen molar-refractivity contribution in [1.82, 2.24) is 0 Å². The predicted octanol–water partition coefficient (Wildman–Crippen LogP) is 14.1. The minimum atomic E-state index is 1.10. The van der Waals surface area contributed by atoms with E-state index < -0.39 is 0 Å². The number of nitrogens with zero attached hydrogens (tertiary/aromatic N) is 1. The molecule has 0 aliphatic rings. The van der Waals surface area contributed by atoms with Crippen LogP contribution in [-0.4, -0.2) is 0 Å². The second-order valence-corrected chi connectivity index (χ2v) is 12.9. The zero-order chi connectivity index (χ0) is 34.0. The van der Waals surface area contributed by atoms with Crippen LogP contribution >= 0.6 is 0 Å². The van der Waals surface area contributed by atoms with E-state index in [2.05, 4.69) is 217 Å². The molecule has 0 saturated carbocycles. The van der Waals surface area contributed by atoms with Crippen LogP contribution in [0, 0.1) is 0 Å². The lowest BCUT2D eigenvalue weighted by Crippen LogP contribution is -2.12. The molecule has 0 aliphatic carbocycles. The van der Waals surface area contributed by atoms with Gasteiger partial charge in [0.25, 0.3) is 0 Å². The van der Waals surface area contributed by atoms with E-state index in [0.29, 0.717) is 0 Å². The Morgan fingerprint density at radius 1 is 0.255 bits per heavy atom. The molecule has 0 amide bonds. The molecule has 1 nitrogen and oxygen atoms in total. The molecule has 9 aromatic rings.